The molecule has 11 rings (SSSR count). The Hall–Kier alpha value is -7.42. The van der Waals surface area contributed by atoms with Gasteiger partial charge in [0.05, 0.1) is 16.8 Å². The highest BCUT2D eigenvalue weighted by Gasteiger charge is 2.52. The fraction of sp³-hybridized carbons (Fsp3) is 0.143. The van der Waals surface area contributed by atoms with Gasteiger partial charge < -0.3 is 9.64 Å². The average molecular weight is 840 g/mol. The number of anilines is 3. The Morgan fingerprint density at radius 1 is 0.338 bits per heavy atom. The van der Waals surface area contributed by atoms with Gasteiger partial charge in [-0.05, 0) is 109 Å². The minimum Gasteiger partial charge on any atom is -0.457 e. The second kappa shape index (κ2) is 15.4. The average Bonchev–Trinajstić information content (AvgIpc) is 3.61. The van der Waals surface area contributed by atoms with E-state index in [-0.39, 0.29) is 10.8 Å². The van der Waals surface area contributed by atoms with Gasteiger partial charge in [-0.2, -0.15) is 0 Å². The summed E-state index contributed by atoms with van der Waals surface area (Å²) >= 11 is 0. The van der Waals surface area contributed by atoms with E-state index in [4.69, 9.17) is 4.74 Å². The summed E-state index contributed by atoms with van der Waals surface area (Å²) in [6, 6.07) is 78.1. The second-order valence-corrected chi connectivity index (χ2v) is 19.7. The molecule has 0 saturated heterocycles. The number of benzene rings is 9. The molecule has 0 unspecified atom stereocenters. The third kappa shape index (κ3) is 6.70. The van der Waals surface area contributed by atoms with E-state index in [2.05, 4.69) is 259 Å². The van der Waals surface area contributed by atoms with Gasteiger partial charge in [0.1, 0.15) is 11.5 Å². The Labute approximate surface area is 384 Å². The van der Waals surface area contributed by atoms with E-state index in [1.165, 1.54) is 50.1 Å². The molecule has 0 amide bonds. The topological polar surface area (TPSA) is 12.5 Å². The first-order chi connectivity index (χ1) is 31.5. The van der Waals surface area contributed by atoms with Crippen LogP contribution >= 0.6 is 0 Å². The molecule has 2 aliphatic rings. The maximum atomic E-state index is 6.99. The fourth-order valence-corrected chi connectivity index (χ4v) is 10.3. The summed E-state index contributed by atoms with van der Waals surface area (Å²) in [5.74, 6) is 1.79. The molecule has 9 aromatic carbocycles. The van der Waals surface area contributed by atoms with Crippen molar-refractivity contribution in [2.75, 3.05) is 4.90 Å². The highest BCUT2D eigenvalue weighted by atomic mass is 16.5. The molecule has 0 atom stereocenters. The molecule has 1 aliphatic heterocycles. The number of ether oxygens (including phenoxy) is 1. The second-order valence-electron chi connectivity index (χ2n) is 19.7. The summed E-state index contributed by atoms with van der Waals surface area (Å²) in [6.07, 6.45) is 0. The number of nitrogens with zero attached hydrogens (tertiary/aromatic N) is 1. The first-order valence-electron chi connectivity index (χ1n) is 22.9. The van der Waals surface area contributed by atoms with Crippen molar-refractivity contribution in [1.29, 1.82) is 0 Å². The van der Waals surface area contributed by atoms with Crippen molar-refractivity contribution in [3.05, 3.63) is 246 Å². The van der Waals surface area contributed by atoms with Crippen LogP contribution in [0.1, 0.15) is 74.9 Å². The van der Waals surface area contributed by atoms with Crippen molar-refractivity contribution >= 4 is 17.1 Å². The summed E-state index contributed by atoms with van der Waals surface area (Å²) < 4.78 is 6.99. The molecule has 0 bridgehead atoms. The Morgan fingerprint density at radius 2 is 0.800 bits per heavy atom. The zero-order valence-corrected chi connectivity index (χ0v) is 38.1. The van der Waals surface area contributed by atoms with Crippen LogP contribution in [0.5, 0.6) is 11.5 Å². The molecule has 2 nitrogen and oxygen atoms in total. The molecule has 1 spiro atoms. The van der Waals surface area contributed by atoms with Gasteiger partial charge in [0.15, 0.2) is 0 Å². The Balaban J connectivity index is 1.14. The van der Waals surface area contributed by atoms with Crippen LogP contribution in [0, 0.1) is 0 Å². The van der Waals surface area contributed by atoms with E-state index in [9.17, 15) is 0 Å². The Kier molecular flexibility index (Phi) is 9.55. The summed E-state index contributed by atoms with van der Waals surface area (Å²) in [6.45, 7) is 13.9. The number of hydrogen-bond acceptors (Lipinski definition) is 2. The molecule has 1 heterocycles. The fourth-order valence-electron chi connectivity index (χ4n) is 10.3. The van der Waals surface area contributed by atoms with Crippen molar-refractivity contribution in [3.8, 4) is 56.0 Å². The molecule has 0 N–H and O–H groups in total. The first-order valence-corrected chi connectivity index (χ1v) is 22.9. The third-order valence-corrected chi connectivity index (χ3v) is 13.7. The van der Waals surface area contributed by atoms with Crippen LogP contribution in [0.15, 0.2) is 212 Å². The maximum absolute atomic E-state index is 6.99. The van der Waals surface area contributed by atoms with Gasteiger partial charge in [0.2, 0.25) is 0 Å². The summed E-state index contributed by atoms with van der Waals surface area (Å²) in [5.41, 5.74) is 19.7. The lowest BCUT2D eigenvalue weighted by molar-refractivity contribution is 0.436. The number of rotatable bonds is 6. The predicted octanol–water partition coefficient (Wildman–Crippen LogP) is 17.2. The summed E-state index contributed by atoms with van der Waals surface area (Å²) in [7, 11) is 0. The molecule has 2 heteroatoms. The Bertz CT molecular complexity index is 3180. The third-order valence-electron chi connectivity index (χ3n) is 13.7. The SMILES string of the molecule is CC(C)(C)c1ccc2c(c1)C1(c3ccccc3Oc3ccc(-c4ccccc4N(c4ccccc4)c4ccccc4-c4ccc(-c5ccccc5)cc4)cc31)c1cc(C(C)(C)C)ccc1-2. The van der Waals surface area contributed by atoms with E-state index < -0.39 is 5.41 Å². The van der Waals surface area contributed by atoms with Gasteiger partial charge in [0.25, 0.3) is 0 Å². The van der Waals surface area contributed by atoms with E-state index >= 15 is 0 Å². The number of hydrogen-bond donors (Lipinski definition) is 0. The predicted molar refractivity (Wildman–Crippen MR) is 272 cm³/mol. The van der Waals surface area contributed by atoms with E-state index in [1.54, 1.807) is 0 Å². The van der Waals surface area contributed by atoms with Crippen molar-refractivity contribution in [1.82, 2.24) is 0 Å². The smallest absolute Gasteiger partial charge is 0.132 e. The maximum Gasteiger partial charge on any atom is 0.132 e. The van der Waals surface area contributed by atoms with Crippen LogP contribution in [0.4, 0.5) is 17.1 Å². The molecule has 316 valence electrons. The molecular formula is C63H53NO. The van der Waals surface area contributed by atoms with Gasteiger partial charge in [-0.3, -0.25) is 0 Å². The molecule has 0 radical (unpaired) electrons. The summed E-state index contributed by atoms with van der Waals surface area (Å²) in [5, 5.41) is 0. The zero-order chi connectivity index (χ0) is 44.5. The van der Waals surface area contributed by atoms with Crippen molar-refractivity contribution in [2.24, 2.45) is 0 Å². The minimum absolute atomic E-state index is 0.0447. The number of fused-ring (bicyclic) bond motifs is 9. The van der Waals surface area contributed by atoms with Crippen LogP contribution in [-0.2, 0) is 16.2 Å². The highest BCUT2D eigenvalue weighted by Crippen LogP contribution is 2.63. The van der Waals surface area contributed by atoms with Crippen LogP contribution in [0.2, 0.25) is 0 Å². The molecule has 0 saturated carbocycles. The molecule has 65 heavy (non-hydrogen) atoms. The number of para-hydroxylation sites is 4. The molecule has 0 fully saturated rings. The van der Waals surface area contributed by atoms with Crippen LogP contribution in [0.3, 0.4) is 0 Å². The zero-order valence-electron chi connectivity index (χ0n) is 38.1. The van der Waals surface area contributed by atoms with Gasteiger partial charge >= 0.3 is 0 Å². The quantitative estimate of drug-likeness (QED) is 0.165. The Morgan fingerprint density at radius 3 is 1.40 bits per heavy atom. The van der Waals surface area contributed by atoms with Gasteiger partial charge in [-0.25, -0.2) is 0 Å². The van der Waals surface area contributed by atoms with Gasteiger partial charge in [-0.1, -0.05) is 211 Å². The van der Waals surface area contributed by atoms with Gasteiger partial charge in [-0.15, -0.1) is 0 Å². The van der Waals surface area contributed by atoms with Crippen LogP contribution < -0.4 is 9.64 Å². The molecule has 9 aromatic rings. The van der Waals surface area contributed by atoms with Crippen LogP contribution in [0.25, 0.3) is 44.5 Å². The van der Waals surface area contributed by atoms with Gasteiger partial charge in [0, 0.05) is 27.9 Å². The largest absolute Gasteiger partial charge is 0.457 e. The van der Waals surface area contributed by atoms with E-state index in [0.717, 1.165) is 56.4 Å². The van der Waals surface area contributed by atoms with Crippen molar-refractivity contribution in [2.45, 2.75) is 57.8 Å². The highest BCUT2D eigenvalue weighted by molar-refractivity contribution is 5.95. The minimum atomic E-state index is -0.625. The van der Waals surface area contributed by atoms with E-state index in [1.807, 2.05) is 0 Å². The lowest BCUT2D eigenvalue weighted by Gasteiger charge is -2.40. The lowest BCUT2D eigenvalue weighted by Crippen LogP contribution is -2.33. The monoisotopic (exact) mass is 839 g/mol. The normalized spacial score (nSPS) is 13.3. The molecule has 0 aromatic heterocycles. The molecular weight excluding hydrogens is 787 g/mol. The lowest BCUT2D eigenvalue weighted by atomic mass is 9.64. The van der Waals surface area contributed by atoms with Crippen molar-refractivity contribution in [3.63, 3.8) is 0 Å². The van der Waals surface area contributed by atoms with E-state index in [0.29, 0.717) is 0 Å². The van der Waals surface area contributed by atoms with Crippen LogP contribution in [-0.4, -0.2) is 0 Å². The van der Waals surface area contributed by atoms with Crippen molar-refractivity contribution < 1.29 is 4.74 Å². The summed E-state index contributed by atoms with van der Waals surface area (Å²) in [4.78, 5) is 2.43. The molecule has 1 aliphatic carbocycles. The standard InChI is InChI=1S/C63H53NO/c1-61(2,3)46-34-36-51-52-37-35-47(62(4,5)6)41-55(52)63(54(51)40-46)53-25-15-18-28-59(53)65-60-38-33-45(39-56(60)63)50-24-14-17-27-58(50)64(48-21-11-8-12-22-48)57-26-16-13-23-49(57)44-31-29-43(30-32-44)42-19-9-7-10-20-42/h7-41H,1-6H3. The first kappa shape index (κ1) is 40.4.